The molecule has 0 aliphatic heterocycles. The Morgan fingerprint density at radius 1 is 1.32 bits per heavy atom. The fraction of sp³-hybridized carbons (Fsp3) is 0.417. The molecule has 0 aliphatic rings. The number of rotatable bonds is 5. The quantitative estimate of drug-likeness (QED) is 0.766. The van der Waals surface area contributed by atoms with Crippen LogP contribution in [0.1, 0.15) is 26.7 Å². The van der Waals surface area contributed by atoms with Gasteiger partial charge >= 0.3 is 6.03 Å². The molecular weight excluding hydrogens is 266 g/mol. The molecule has 19 heavy (non-hydrogen) atoms. The molecule has 1 unspecified atom stereocenters. The van der Waals surface area contributed by atoms with Crippen LogP contribution in [0, 0.1) is 0 Å². The molecular formula is C12H19N3O3S. The van der Waals surface area contributed by atoms with Crippen molar-refractivity contribution in [3.8, 4) is 0 Å². The summed E-state index contributed by atoms with van der Waals surface area (Å²) in [5.41, 5.74) is 0.508. The van der Waals surface area contributed by atoms with Crippen LogP contribution in [0.5, 0.6) is 0 Å². The fourth-order valence-corrected chi connectivity index (χ4v) is 2.14. The Morgan fingerprint density at radius 3 is 2.37 bits per heavy atom. The van der Waals surface area contributed by atoms with E-state index in [2.05, 4.69) is 10.6 Å². The molecule has 1 atom stereocenters. The van der Waals surface area contributed by atoms with E-state index in [1.165, 1.54) is 24.3 Å². The lowest BCUT2D eigenvalue weighted by molar-refractivity contribution is 0.248. The maximum Gasteiger partial charge on any atom is 0.319 e. The number of anilines is 1. The van der Waals surface area contributed by atoms with Crippen molar-refractivity contribution in [2.45, 2.75) is 37.6 Å². The zero-order chi connectivity index (χ0) is 14.5. The molecule has 6 nitrogen and oxygen atoms in total. The van der Waals surface area contributed by atoms with Gasteiger partial charge in [-0.15, -0.1) is 0 Å². The van der Waals surface area contributed by atoms with E-state index in [0.717, 1.165) is 12.8 Å². The zero-order valence-corrected chi connectivity index (χ0v) is 11.8. The van der Waals surface area contributed by atoms with E-state index in [0.29, 0.717) is 5.69 Å². The van der Waals surface area contributed by atoms with Gasteiger partial charge < -0.3 is 10.6 Å². The third-order valence-corrected chi connectivity index (χ3v) is 3.47. The Bertz CT molecular complexity index is 526. The number of carbonyl (C=O) groups is 1. The van der Waals surface area contributed by atoms with E-state index in [1.54, 1.807) is 0 Å². The van der Waals surface area contributed by atoms with Crippen molar-refractivity contribution in [2.75, 3.05) is 5.32 Å². The molecule has 0 radical (unpaired) electrons. The second kappa shape index (κ2) is 6.53. The van der Waals surface area contributed by atoms with Crippen molar-refractivity contribution in [2.24, 2.45) is 5.14 Å². The molecule has 4 N–H and O–H groups in total. The van der Waals surface area contributed by atoms with Crippen LogP contribution in [-0.2, 0) is 10.0 Å². The average Bonchev–Trinajstić information content (AvgIpc) is 2.28. The van der Waals surface area contributed by atoms with Crippen molar-refractivity contribution in [3.05, 3.63) is 24.3 Å². The summed E-state index contributed by atoms with van der Waals surface area (Å²) in [6, 6.07) is 5.45. The maximum absolute atomic E-state index is 11.6. The van der Waals surface area contributed by atoms with Gasteiger partial charge in [0.25, 0.3) is 0 Å². The van der Waals surface area contributed by atoms with Gasteiger partial charge in [-0.3, -0.25) is 0 Å². The molecule has 0 saturated heterocycles. The summed E-state index contributed by atoms with van der Waals surface area (Å²) in [6.07, 6.45) is 1.89. The van der Waals surface area contributed by atoms with Gasteiger partial charge in [-0.2, -0.15) is 0 Å². The largest absolute Gasteiger partial charge is 0.335 e. The Labute approximate surface area is 113 Å². The van der Waals surface area contributed by atoms with Gasteiger partial charge in [0.1, 0.15) is 0 Å². The van der Waals surface area contributed by atoms with Gasteiger partial charge in [-0.05, 0) is 37.6 Å². The van der Waals surface area contributed by atoms with Crippen LogP contribution >= 0.6 is 0 Å². The first kappa shape index (κ1) is 15.5. The highest BCUT2D eigenvalue weighted by Gasteiger charge is 2.09. The van der Waals surface area contributed by atoms with Crippen LogP contribution in [-0.4, -0.2) is 20.5 Å². The lowest BCUT2D eigenvalue weighted by Gasteiger charge is -2.13. The lowest BCUT2D eigenvalue weighted by atomic mass is 10.2. The number of nitrogens with two attached hydrogens (primary N) is 1. The summed E-state index contributed by atoms with van der Waals surface area (Å²) in [5, 5.41) is 10.4. The number of hydrogen-bond acceptors (Lipinski definition) is 3. The summed E-state index contributed by atoms with van der Waals surface area (Å²) in [6.45, 7) is 3.97. The number of primary sulfonamides is 1. The smallest absolute Gasteiger partial charge is 0.319 e. The number of sulfonamides is 1. The van der Waals surface area contributed by atoms with Gasteiger partial charge in [0.05, 0.1) is 4.90 Å². The van der Waals surface area contributed by atoms with E-state index in [9.17, 15) is 13.2 Å². The number of amides is 2. The van der Waals surface area contributed by atoms with Crippen LogP contribution in [0.2, 0.25) is 0 Å². The summed E-state index contributed by atoms with van der Waals surface area (Å²) in [4.78, 5) is 11.6. The van der Waals surface area contributed by atoms with Crippen LogP contribution in [0.15, 0.2) is 29.2 Å². The lowest BCUT2D eigenvalue weighted by Crippen LogP contribution is -2.35. The summed E-state index contributed by atoms with van der Waals surface area (Å²) in [5.74, 6) is 0. The highest BCUT2D eigenvalue weighted by molar-refractivity contribution is 7.89. The minimum absolute atomic E-state index is 0.0119. The highest BCUT2D eigenvalue weighted by Crippen LogP contribution is 2.12. The SMILES string of the molecule is CCCC(C)NC(=O)Nc1ccc(S(N)(=O)=O)cc1. The Morgan fingerprint density at radius 2 is 1.89 bits per heavy atom. The van der Waals surface area contributed by atoms with E-state index in [-0.39, 0.29) is 17.0 Å². The van der Waals surface area contributed by atoms with Gasteiger partial charge in [-0.1, -0.05) is 13.3 Å². The predicted molar refractivity (Wildman–Crippen MR) is 74.3 cm³/mol. The Balaban J connectivity index is 2.61. The summed E-state index contributed by atoms with van der Waals surface area (Å²) in [7, 11) is -3.70. The minimum Gasteiger partial charge on any atom is -0.335 e. The van der Waals surface area contributed by atoms with Crippen LogP contribution in [0.4, 0.5) is 10.5 Å². The van der Waals surface area contributed by atoms with Gasteiger partial charge in [-0.25, -0.2) is 18.4 Å². The standard InChI is InChI=1S/C12H19N3O3S/c1-3-4-9(2)14-12(16)15-10-5-7-11(8-6-10)19(13,17)18/h5-9H,3-4H2,1-2H3,(H2,13,17,18)(H2,14,15,16). The first-order valence-corrected chi connectivity index (χ1v) is 7.58. The number of nitrogens with one attached hydrogen (secondary N) is 2. The maximum atomic E-state index is 11.6. The van der Waals surface area contributed by atoms with Gasteiger partial charge in [0, 0.05) is 11.7 Å². The second-order valence-electron chi connectivity index (χ2n) is 4.36. The van der Waals surface area contributed by atoms with Crippen LogP contribution in [0.25, 0.3) is 0 Å². The molecule has 0 fully saturated rings. The predicted octanol–water partition coefficient (Wildman–Crippen LogP) is 1.64. The highest BCUT2D eigenvalue weighted by atomic mass is 32.2. The minimum atomic E-state index is -3.70. The van der Waals surface area contributed by atoms with Crippen molar-refractivity contribution >= 4 is 21.7 Å². The van der Waals surface area contributed by atoms with E-state index in [1.807, 2.05) is 13.8 Å². The normalized spacial score (nSPS) is 12.8. The van der Waals surface area contributed by atoms with E-state index in [4.69, 9.17) is 5.14 Å². The van der Waals surface area contributed by atoms with Crippen molar-refractivity contribution in [1.29, 1.82) is 0 Å². The zero-order valence-electron chi connectivity index (χ0n) is 11.0. The molecule has 1 aromatic rings. The summed E-state index contributed by atoms with van der Waals surface area (Å²) < 4.78 is 22.1. The van der Waals surface area contributed by atoms with Crippen LogP contribution < -0.4 is 15.8 Å². The number of urea groups is 1. The second-order valence-corrected chi connectivity index (χ2v) is 5.92. The number of hydrogen-bond donors (Lipinski definition) is 3. The number of carbonyl (C=O) groups excluding carboxylic acids is 1. The third kappa shape index (κ3) is 5.27. The Kier molecular flexibility index (Phi) is 5.31. The molecule has 0 aromatic heterocycles. The molecule has 2 amide bonds. The van der Waals surface area contributed by atoms with Crippen LogP contribution in [0.3, 0.4) is 0 Å². The van der Waals surface area contributed by atoms with E-state index < -0.39 is 10.0 Å². The van der Waals surface area contributed by atoms with Gasteiger partial charge in [0.2, 0.25) is 10.0 Å². The van der Waals surface area contributed by atoms with Crippen molar-refractivity contribution in [1.82, 2.24) is 5.32 Å². The molecule has 0 bridgehead atoms. The topological polar surface area (TPSA) is 101 Å². The molecule has 0 spiro atoms. The molecule has 1 aromatic carbocycles. The van der Waals surface area contributed by atoms with Gasteiger partial charge in [0.15, 0.2) is 0 Å². The van der Waals surface area contributed by atoms with Crippen molar-refractivity contribution in [3.63, 3.8) is 0 Å². The van der Waals surface area contributed by atoms with Crippen molar-refractivity contribution < 1.29 is 13.2 Å². The molecule has 0 heterocycles. The monoisotopic (exact) mass is 285 g/mol. The Hall–Kier alpha value is -1.60. The number of benzene rings is 1. The molecule has 1 rings (SSSR count). The molecule has 106 valence electrons. The third-order valence-electron chi connectivity index (χ3n) is 2.54. The molecule has 7 heteroatoms. The van der Waals surface area contributed by atoms with E-state index >= 15 is 0 Å². The molecule has 0 saturated carbocycles. The first-order chi connectivity index (χ1) is 8.82. The summed E-state index contributed by atoms with van der Waals surface area (Å²) >= 11 is 0. The molecule has 0 aliphatic carbocycles. The fourth-order valence-electron chi connectivity index (χ4n) is 1.62. The average molecular weight is 285 g/mol. The first-order valence-electron chi connectivity index (χ1n) is 6.03.